The van der Waals surface area contributed by atoms with Gasteiger partial charge in [0.25, 0.3) is 5.69 Å². The van der Waals surface area contributed by atoms with Crippen LogP contribution in [0.25, 0.3) is 0 Å². The van der Waals surface area contributed by atoms with Gasteiger partial charge >= 0.3 is 5.97 Å². The van der Waals surface area contributed by atoms with E-state index in [0.717, 1.165) is 6.07 Å². The summed E-state index contributed by atoms with van der Waals surface area (Å²) in [6.07, 6.45) is -0.686. The summed E-state index contributed by atoms with van der Waals surface area (Å²) in [5, 5.41) is 20.9. The summed E-state index contributed by atoms with van der Waals surface area (Å²) in [4.78, 5) is 31.1. The molecule has 0 heterocycles. The lowest BCUT2D eigenvalue weighted by Crippen LogP contribution is -2.15. The maximum absolute atomic E-state index is 11.1. The number of nitrogens with one attached hydrogen (secondary N) is 1. The van der Waals surface area contributed by atoms with Crippen molar-refractivity contribution < 1.29 is 19.6 Å². The lowest BCUT2D eigenvalue weighted by atomic mass is 10.2. The highest BCUT2D eigenvalue weighted by atomic mass is 35.5. The molecule has 90 valence electrons. The van der Waals surface area contributed by atoms with E-state index in [1.807, 2.05) is 0 Å². The third-order valence-corrected chi connectivity index (χ3v) is 2.04. The zero-order chi connectivity index (χ0) is 13.0. The number of aliphatic carboxylic acids is 1. The summed E-state index contributed by atoms with van der Waals surface area (Å²) >= 11 is 5.60. The molecule has 0 fully saturated rings. The summed E-state index contributed by atoms with van der Waals surface area (Å²) in [6.45, 7) is 0. The number of anilines is 1. The third-order valence-electron chi connectivity index (χ3n) is 1.74. The molecular formula is C9H7ClN2O5. The number of benzene rings is 1. The van der Waals surface area contributed by atoms with Crippen molar-refractivity contribution in [3.05, 3.63) is 33.3 Å². The molecule has 0 saturated heterocycles. The Bertz CT molecular complexity index is 488. The molecular weight excluding hydrogens is 252 g/mol. The van der Waals surface area contributed by atoms with Crippen molar-refractivity contribution in [2.24, 2.45) is 0 Å². The SMILES string of the molecule is O=C(O)CC(=O)Nc1ccc([N+](=O)[O-])c(Cl)c1. The maximum Gasteiger partial charge on any atom is 0.312 e. The number of nitro benzene ring substituents is 1. The molecule has 7 nitrogen and oxygen atoms in total. The third kappa shape index (κ3) is 3.72. The number of carboxylic acid groups (broad SMARTS) is 1. The van der Waals surface area contributed by atoms with Crippen molar-refractivity contribution in [1.82, 2.24) is 0 Å². The maximum atomic E-state index is 11.1. The average molecular weight is 259 g/mol. The molecule has 8 heteroatoms. The molecule has 0 aliphatic carbocycles. The molecule has 0 unspecified atom stereocenters. The standard InChI is InChI=1S/C9H7ClN2O5/c10-6-3-5(1-2-7(6)12(16)17)11-8(13)4-9(14)15/h1-3H,4H2,(H,11,13)(H,14,15). The predicted molar refractivity (Wildman–Crippen MR) is 59.0 cm³/mol. The molecule has 0 bridgehead atoms. The van der Waals surface area contributed by atoms with E-state index in [4.69, 9.17) is 16.7 Å². The number of hydrogen-bond donors (Lipinski definition) is 2. The second-order valence-corrected chi connectivity index (χ2v) is 3.45. The van der Waals surface area contributed by atoms with Crippen LogP contribution >= 0.6 is 11.6 Å². The van der Waals surface area contributed by atoms with Gasteiger partial charge in [-0.25, -0.2) is 0 Å². The fourth-order valence-electron chi connectivity index (χ4n) is 1.08. The van der Waals surface area contributed by atoms with Crippen molar-refractivity contribution in [1.29, 1.82) is 0 Å². The Morgan fingerprint density at radius 3 is 2.59 bits per heavy atom. The molecule has 0 atom stereocenters. The lowest BCUT2D eigenvalue weighted by Gasteiger charge is -2.03. The second-order valence-electron chi connectivity index (χ2n) is 3.04. The van der Waals surface area contributed by atoms with Crippen molar-refractivity contribution >= 4 is 34.9 Å². The number of nitro groups is 1. The summed E-state index contributed by atoms with van der Waals surface area (Å²) in [6, 6.07) is 3.57. The largest absolute Gasteiger partial charge is 0.481 e. The number of carbonyl (C=O) groups excluding carboxylic acids is 1. The van der Waals surface area contributed by atoms with Crippen LogP contribution in [0.4, 0.5) is 11.4 Å². The molecule has 2 N–H and O–H groups in total. The molecule has 0 aliphatic heterocycles. The molecule has 17 heavy (non-hydrogen) atoms. The van der Waals surface area contributed by atoms with E-state index < -0.39 is 23.2 Å². The Labute approximate surface area is 100 Å². The summed E-state index contributed by atoms with van der Waals surface area (Å²) in [5.74, 6) is -2.00. The van der Waals surface area contributed by atoms with Gasteiger partial charge in [0.15, 0.2) is 0 Å². The number of halogens is 1. The Morgan fingerprint density at radius 1 is 1.47 bits per heavy atom. The average Bonchev–Trinajstić information content (AvgIpc) is 2.15. The lowest BCUT2D eigenvalue weighted by molar-refractivity contribution is -0.384. The van der Waals surface area contributed by atoms with Gasteiger partial charge in [0.2, 0.25) is 5.91 Å². The van der Waals surface area contributed by atoms with Crippen molar-refractivity contribution in [3.63, 3.8) is 0 Å². The highest BCUT2D eigenvalue weighted by Gasteiger charge is 2.13. The highest BCUT2D eigenvalue weighted by molar-refractivity contribution is 6.33. The normalized spacial score (nSPS) is 9.71. The molecule has 1 rings (SSSR count). The van der Waals surface area contributed by atoms with Crippen LogP contribution < -0.4 is 5.32 Å². The first-order valence-electron chi connectivity index (χ1n) is 4.35. The number of carboxylic acids is 1. The highest BCUT2D eigenvalue weighted by Crippen LogP contribution is 2.27. The fraction of sp³-hybridized carbons (Fsp3) is 0.111. The van der Waals surface area contributed by atoms with Crippen LogP contribution in [-0.4, -0.2) is 21.9 Å². The van der Waals surface area contributed by atoms with Gasteiger partial charge in [-0.1, -0.05) is 11.6 Å². The number of hydrogen-bond acceptors (Lipinski definition) is 4. The van der Waals surface area contributed by atoms with Gasteiger partial charge in [-0.15, -0.1) is 0 Å². The number of rotatable bonds is 4. The van der Waals surface area contributed by atoms with E-state index in [2.05, 4.69) is 5.32 Å². The van der Waals surface area contributed by atoms with Crippen LogP contribution in [0, 0.1) is 10.1 Å². The molecule has 0 aromatic heterocycles. The summed E-state index contributed by atoms with van der Waals surface area (Å²) in [7, 11) is 0. The Balaban J connectivity index is 2.81. The molecule has 1 aromatic carbocycles. The van der Waals surface area contributed by atoms with Gasteiger partial charge in [0.05, 0.1) is 4.92 Å². The van der Waals surface area contributed by atoms with Gasteiger partial charge in [-0.05, 0) is 12.1 Å². The van der Waals surface area contributed by atoms with Gasteiger partial charge < -0.3 is 10.4 Å². The van der Waals surface area contributed by atoms with Crippen molar-refractivity contribution in [2.45, 2.75) is 6.42 Å². The monoisotopic (exact) mass is 258 g/mol. The summed E-state index contributed by atoms with van der Waals surface area (Å²) < 4.78 is 0. The minimum Gasteiger partial charge on any atom is -0.481 e. The van der Waals surface area contributed by atoms with E-state index in [-0.39, 0.29) is 16.4 Å². The van der Waals surface area contributed by atoms with Crippen LogP contribution in [0.15, 0.2) is 18.2 Å². The van der Waals surface area contributed by atoms with Crippen LogP contribution in [0.2, 0.25) is 5.02 Å². The first-order valence-corrected chi connectivity index (χ1v) is 4.73. The molecule has 1 amide bonds. The quantitative estimate of drug-likeness (QED) is 0.485. The van der Waals surface area contributed by atoms with E-state index in [0.29, 0.717) is 0 Å². The summed E-state index contributed by atoms with van der Waals surface area (Å²) in [5.41, 5.74) is -0.0882. The van der Waals surface area contributed by atoms with Gasteiger partial charge in [-0.2, -0.15) is 0 Å². The molecule has 0 saturated carbocycles. The van der Waals surface area contributed by atoms with E-state index in [9.17, 15) is 19.7 Å². The first-order chi connectivity index (χ1) is 7.90. The van der Waals surface area contributed by atoms with Crippen molar-refractivity contribution in [3.8, 4) is 0 Å². The number of nitrogens with zero attached hydrogens (tertiary/aromatic N) is 1. The zero-order valence-electron chi connectivity index (χ0n) is 8.34. The fourth-order valence-corrected chi connectivity index (χ4v) is 1.32. The predicted octanol–water partition coefficient (Wildman–Crippen LogP) is 1.66. The molecule has 0 spiro atoms. The van der Waals surface area contributed by atoms with Gasteiger partial charge in [0, 0.05) is 11.8 Å². The Morgan fingerprint density at radius 2 is 2.12 bits per heavy atom. The smallest absolute Gasteiger partial charge is 0.312 e. The molecule has 0 aliphatic rings. The number of amides is 1. The second kappa shape index (κ2) is 5.26. The molecule has 1 aromatic rings. The minimum absolute atomic E-state index is 0.136. The minimum atomic E-state index is -1.27. The Kier molecular flexibility index (Phi) is 4.00. The van der Waals surface area contributed by atoms with Gasteiger partial charge in [0.1, 0.15) is 11.4 Å². The molecule has 0 radical (unpaired) electrons. The zero-order valence-corrected chi connectivity index (χ0v) is 9.10. The van der Waals surface area contributed by atoms with Gasteiger partial charge in [-0.3, -0.25) is 19.7 Å². The van der Waals surface area contributed by atoms with E-state index in [1.165, 1.54) is 12.1 Å². The van der Waals surface area contributed by atoms with E-state index in [1.54, 1.807) is 0 Å². The Hall–Kier alpha value is -2.15. The van der Waals surface area contributed by atoms with Crippen LogP contribution in [-0.2, 0) is 9.59 Å². The first kappa shape index (κ1) is 12.9. The van der Waals surface area contributed by atoms with Crippen LogP contribution in [0.1, 0.15) is 6.42 Å². The number of carbonyl (C=O) groups is 2. The van der Waals surface area contributed by atoms with Crippen molar-refractivity contribution in [2.75, 3.05) is 5.32 Å². The topological polar surface area (TPSA) is 110 Å². The van der Waals surface area contributed by atoms with Crippen LogP contribution in [0.5, 0.6) is 0 Å². The van der Waals surface area contributed by atoms with Crippen LogP contribution in [0.3, 0.4) is 0 Å². The van der Waals surface area contributed by atoms with E-state index >= 15 is 0 Å².